The van der Waals surface area contributed by atoms with Gasteiger partial charge in [0.25, 0.3) is 0 Å². The predicted molar refractivity (Wildman–Crippen MR) is 69.1 cm³/mol. The molecule has 1 fully saturated rings. The number of halogens is 2. The van der Waals surface area contributed by atoms with Crippen molar-refractivity contribution in [2.45, 2.75) is 19.3 Å². The molecule has 0 aliphatic heterocycles. The van der Waals surface area contributed by atoms with E-state index in [0.717, 1.165) is 0 Å². The van der Waals surface area contributed by atoms with Gasteiger partial charge in [0.2, 0.25) is 5.91 Å². The Hall–Kier alpha value is -1.40. The molecule has 1 aliphatic rings. The van der Waals surface area contributed by atoms with Gasteiger partial charge in [0.05, 0.1) is 5.92 Å². The summed E-state index contributed by atoms with van der Waals surface area (Å²) in [6.07, 6.45) is 2.55. The van der Waals surface area contributed by atoms with Gasteiger partial charge in [-0.3, -0.25) is 9.59 Å². The monoisotopic (exact) mass is 303 g/mol. The number of nitrogens with zero attached hydrogens (tertiary/aromatic N) is 2. The molecule has 0 spiro atoms. The van der Waals surface area contributed by atoms with Gasteiger partial charge in [-0.15, -0.1) is 0 Å². The molecule has 19 heavy (non-hydrogen) atoms. The zero-order valence-electron chi connectivity index (χ0n) is 9.77. The Morgan fingerprint density at radius 3 is 2.32 bits per heavy atom. The lowest BCUT2D eigenvalue weighted by atomic mass is 10.0. The fraction of sp³-hybridized carbons (Fsp3) is 0.455. The van der Waals surface area contributed by atoms with E-state index in [4.69, 9.17) is 28.3 Å². The highest BCUT2D eigenvalue weighted by Gasteiger charge is 2.34. The number of carboxylic acids is 1. The first-order valence-corrected chi connectivity index (χ1v) is 6.44. The molecule has 0 saturated heterocycles. The molecule has 6 nitrogen and oxygen atoms in total. The second kappa shape index (κ2) is 5.71. The fourth-order valence-electron chi connectivity index (χ4n) is 2.12. The van der Waals surface area contributed by atoms with E-state index in [0.29, 0.717) is 19.3 Å². The molecule has 0 bridgehead atoms. The Labute approximate surface area is 119 Å². The second-order valence-corrected chi connectivity index (χ2v) is 5.08. The van der Waals surface area contributed by atoms with Crippen LogP contribution in [0.2, 0.25) is 10.3 Å². The number of aromatic nitrogens is 2. The number of hydrogen-bond acceptors (Lipinski definition) is 4. The van der Waals surface area contributed by atoms with Crippen LogP contribution in [0.3, 0.4) is 0 Å². The summed E-state index contributed by atoms with van der Waals surface area (Å²) in [7, 11) is 0. The lowest BCUT2D eigenvalue weighted by molar-refractivity contribution is -0.141. The molecule has 1 aromatic rings. The van der Waals surface area contributed by atoms with Crippen molar-refractivity contribution in [3.05, 3.63) is 16.6 Å². The molecule has 2 unspecified atom stereocenters. The molecule has 2 rings (SSSR count). The first-order chi connectivity index (χ1) is 8.99. The number of carbonyl (C=O) groups is 2. The van der Waals surface area contributed by atoms with Gasteiger partial charge in [0.15, 0.2) is 10.3 Å². The molecule has 1 heterocycles. The Morgan fingerprint density at radius 1 is 1.21 bits per heavy atom. The number of hydrogen-bond donors (Lipinski definition) is 2. The van der Waals surface area contributed by atoms with E-state index in [-0.39, 0.29) is 27.8 Å². The highest BCUT2D eigenvalue weighted by atomic mass is 35.5. The number of rotatable bonds is 3. The van der Waals surface area contributed by atoms with Gasteiger partial charge < -0.3 is 10.4 Å². The van der Waals surface area contributed by atoms with Crippen molar-refractivity contribution in [1.82, 2.24) is 9.97 Å². The lowest BCUT2D eigenvalue weighted by Gasteiger charge is -2.12. The van der Waals surface area contributed by atoms with E-state index < -0.39 is 11.9 Å². The Balaban J connectivity index is 2.04. The van der Waals surface area contributed by atoms with Crippen LogP contribution in [-0.4, -0.2) is 27.0 Å². The first kappa shape index (κ1) is 14.0. The number of carboxylic acid groups (broad SMARTS) is 1. The van der Waals surface area contributed by atoms with Crippen LogP contribution in [0.5, 0.6) is 0 Å². The number of carbonyl (C=O) groups excluding carboxylic acids is 1. The Bertz CT molecular complexity index is 504. The van der Waals surface area contributed by atoms with Crippen molar-refractivity contribution < 1.29 is 14.7 Å². The van der Waals surface area contributed by atoms with Crippen LogP contribution >= 0.6 is 23.2 Å². The maximum Gasteiger partial charge on any atom is 0.306 e. The smallest absolute Gasteiger partial charge is 0.306 e. The molecule has 0 aromatic carbocycles. The molecule has 8 heteroatoms. The summed E-state index contributed by atoms with van der Waals surface area (Å²) in [6, 6.07) is 0. The van der Waals surface area contributed by atoms with E-state index in [2.05, 4.69) is 15.3 Å². The predicted octanol–water partition coefficient (Wildman–Crippen LogP) is 2.22. The standard InChI is InChI=1S/C11H11Cl2N3O3/c12-8-7(9(13)15-4-14-8)16-10(17)5-1-2-6(3-5)11(18)19/h4-6H,1-3H2,(H,16,17)(H,18,19). The van der Waals surface area contributed by atoms with Gasteiger partial charge in [-0.25, -0.2) is 9.97 Å². The van der Waals surface area contributed by atoms with Crippen molar-refractivity contribution in [3.8, 4) is 0 Å². The molecule has 1 aliphatic carbocycles. The quantitative estimate of drug-likeness (QED) is 0.835. The molecule has 102 valence electrons. The molecule has 2 atom stereocenters. The van der Waals surface area contributed by atoms with Crippen molar-refractivity contribution in [2.75, 3.05) is 5.32 Å². The molecule has 1 saturated carbocycles. The molecule has 2 N–H and O–H groups in total. The average molecular weight is 304 g/mol. The maximum absolute atomic E-state index is 12.0. The number of nitrogens with one attached hydrogen (secondary N) is 1. The van der Waals surface area contributed by atoms with Crippen LogP contribution < -0.4 is 5.32 Å². The van der Waals surface area contributed by atoms with Crippen LogP contribution in [-0.2, 0) is 9.59 Å². The van der Waals surface area contributed by atoms with Gasteiger partial charge in [-0.05, 0) is 19.3 Å². The summed E-state index contributed by atoms with van der Waals surface area (Å²) in [5.74, 6) is -1.99. The third kappa shape index (κ3) is 3.13. The van der Waals surface area contributed by atoms with Crippen LogP contribution in [0.4, 0.5) is 5.69 Å². The number of amides is 1. The third-order valence-corrected chi connectivity index (χ3v) is 3.73. The SMILES string of the molecule is O=C(O)C1CCC(C(=O)Nc2c(Cl)ncnc2Cl)C1. The zero-order valence-corrected chi connectivity index (χ0v) is 11.3. The van der Waals surface area contributed by atoms with Crippen molar-refractivity contribution in [3.63, 3.8) is 0 Å². The highest BCUT2D eigenvalue weighted by molar-refractivity contribution is 6.38. The van der Waals surface area contributed by atoms with Crippen molar-refractivity contribution >= 4 is 40.8 Å². The minimum atomic E-state index is -0.866. The lowest BCUT2D eigenvalue weighted by Crippen LogP contribution is -2.22. The largest absolute Gasteiger partial charge is 0.481 e. The molecule has 1 amide bonds. The van der Waals surface area contributed by atoms with Crippen LogP contribution in [0, 0.1) is 11.8 Å². The number of aliphatic carboxylic acids is 1. The zero-order chi connectivity index (χ0) is 14.0. The second-order valence-electron chi connectivity index (χ2n) is 4.36. The van der Waals surface area contributed by atoms with Crippen LogP contribution in [0.1, 0.15) is 19.3 Å². The van der Waals surface area contributed by atoms with E-state index in [1.165, 1.54) is 6.33 Å². The van der Waals surface area contributed by atoms with E-state index in [1.54, 1.807) is 0 Å². The summed E-state index contributed by atoms with van der Waals surface area (Å²) in [5, 5.41) is 11.6. The van der Waals surface area contributed by atoms with Crippen molar-refractivity contribution in [2.24, 2.45) is 11.8 Å². The third-order valence-electron chi connectivity index (χ3n) is 3.16. The van der Waals surface area contributed by atoms with E-state index in [1.807, 2.05) is 0 Å². The summed E-state index contributed by atoms with van der Waals surface area (Å²) in [5.41, 5.74) is 0.162. The minimum absolute atomic E-state index is 0.0566. The Morgan fingerprint density at radius 2 is 1.79 bits per heavy atom. The van der Waals surface area contributed by atoms with Gasteiger partial charge in [0, 0.05) is 5.92 Å². The van der Waals surface area contributed by atoms with Crippen LogP contribution in [0.15, 0.2) is 6.33 Å². The normalized spacial score (nSPS) is 22.2. The molecular weight excluding hydrogens is 293 g/mol. The molecular formula is C11H11Cl2N3O3. The first-order valence-electron chi connectivity index (χ1n) is 5.68. The van der Waals surface area contributed by atoms with Gasteiger partial charge in [-0.1, -0.05) is 23.2 Å². The molecule has 1 aromatic heterocycles. The molecule has 0 radical (unpaired) electrons. The van der Waals surface area contributed by atoms with Crippen molar-refractivity contribution in [1.29, 1.82) is 0 Å². The summed E-state index contributed by atoms with van der Waals surface area (Å²) in [4.78, 5) is 30.3. The topological polar surface area (TPSA) is 92.2 Å². The summed E-state index contributed by atoms with van der Waals surface area (Å²) >= 11 is 11.6. The van der Waals surface area contributed by atoms with E-state index in [9.17, 15) is 9.59 Å². The van der Waals surface area contributed by atoms with Crippen LogP contribution in [0.25, 0.3) is 0 Å². The maximum atomic E-state index is 12.0. The summed E-state index contributed by atoms with van der Waals surface area (Å²) < 4.78 is 0. The Kier molecular flexibility index (Phi) is 4.21. The fourth-order valence-corrected chi connectivity index (χ4v) is 2.53. The minimum Gasteiger partial charge on any atom is -0.481 e. The van der Waals surface area contributed by atoms with E-state index >= 15 is 0 Å². The average Bonchev–Trinajstić information content (AvgIpc) is 2.83. The van der Waals surface area contributed by atoms with Gasteiger partial charge in [-0.2, -0.15) is 0 Å². The van der Waals surface area contributed by atoms with Gasteiger partial charge >= 0.3 is 5.97 Å². The highest BCUT2D eigenvalue weighted by Crippen LogP contribution is 2.33. The summed E-state index contributed by atoms with van der Waals surface area (Å²) in [6.45, 7) is 0. The number of anilines is 1. The van der Waals surface area contributed by atoms with Gasteiger partial charge in [0.1, 0.15) is 12.0 Å².